The molecule has 2 heterocycles. The molecule has 0 spiro atoms. The van der Waals surface area contributed by atoms with Crippen LogP contribution < -0.4 is 15.0 Å². The highest BCUT2D eigenvalue weighted by Crippen LogP contribution is 2.23. The zero-order chi connectivity index (χ0) is 24.3. The summed E-state index contributed by atoms with van der Waals surface area (Å²) in [4.78, 5) is 25.0. The van der Waals surface area contributed by atoms with Crippen molar-refractivity contribution in [3.63, 3.8) is 0 Å². The SMILES string of the molecule is COc1nccnc1NS(=O)(=O)c1ccc(N=Cc2c(C)[nH]n(-c3cccc(Cl)c3)c2=O)cc1. The van der Waals surface area contributed by atoms with Crippen LogP contribution in [0.2, 0.25) is 5.02 Å². The van der Waals surface area contributed by atoms with Crippen molar-refractivity contribution >= 4 is 39.3 Å². The Hall–Kier alpha value is -3.96. The zero-order valence-electron chi connectivity index (χ0n) is 18.1. The van der Waals surface area contributed by atoms with Gasteiger partial charge >= 0.3 is 0 Å². The maximum absolute atomic E-state index is 12.8. The molecular formula is C22H19ClN6O4S. The predicted molar refractivity (Wildman–Crippen MR) is 129 cm³/mol. The topological polar surface area (TPSA) is 131 Å². The van der Waals surface area contributed by atoms with E-state index in [0.29, 0.717) is 27.7 Å². The molecule has 10 nitrogen and oxygen atoms in total. The van der Waals surface area contributed by atoms with Gasteiger partial charge in [-0.1, -0.05) is 17.7 Å². The number of aromatic amines is 1. The van der Waals surface area contributed by atoms with Crippen LogP contribution >= 0.6 is 11.6 Å². The number of hydrogen-bond acceptors (Lipinski definition) is 7. The van der Waals surface area contributed by atoms with Gasteiger partial charge in [0.2, 0.25) is 5.82 Å². The number of H-pyrrole nitrogens is 1. The lowest BCUT2D eigenvalue weighted by molar-refractivity contribution is 0.398. The van der Waals surface area contributed by atoms with Gasteiger partial charge in [0.05, 0.1) is 28.9 Å². The monoisotopic (exact) mass is 498 g/mol. The van der Waals surface area contributed by atoms with Crippen LogP contribution in [0.15, 0.2) is 75.6 Å². The average Bonchev–Trinajstić information content (AvgIpc) is 3.11. The number of hydrogen-bond donors (Lipinski definition) is 2. The molecule has 0 atom stereocenters. The van der Waals surface area contributed by atoms with Crippen LogP contribution in [-0.2, 0) is 10.0 Å². The second kappa shape index (κ2) is 9.49. The minimum atomic E-state index is -3.93. The van der Waals surface area contributed by atoms with Gasteiger partial charge < -0.3 is 4.74 Å². The molecule has 0 bridgehead atoms. The highest BCUT2D eigenvalue weighted by atomic mass is 35.5. The maximum atomic E-state index is 12.8. The van der Waals surface area contributed by atoms with Gasteiger partial charge in [0.1, 0.15) is 0 Å². The summed E-state index contributed by atoms with van der Waals surface area (Å²) in [6.07, 6.45) is 4.17. The summed E-state index contributed by atoms with van der Waals surface area (Å²) in [6.45, 7) is 1.76. The Morgan fingerprint density at radius 1 is 1.15 bits per heavy atom. The second-order valence-electron chi connectivity index (χ2n) is 7.04. The first-order valence-corrected chi connectivity index (χ1v) is 11.7. The third-order valence-electron chi connectivity index (χ3n) is 4.76. The van der Waals surface area contributed by atoms with E-state index in [1.54, 1.807) is 31.2 Å². The molecule has 4 rings (SSSR count). The Labute approximate surface area is 200 Å². The largest absolute Gasteiger partial charge is 0.478 e. The fraction of sp³-hybridized carbons (Fsp3) is 0.0909. The quantitative estimate of drug-likeness (QED) is 0.375. The predicted octanol–water partition coefficient (Wildman–Crippen LogP) is 3.48. The number of nitrogens with zero attached hydrogens (tertiary/aromatic N) is 4. The van der Waals surface area contributed by atoms with Crippen molar-refractivity contribution in [2.24, 2.45) is 4.99 Å². The number of halogens is 1. The number of nitrogens with one attached hydrogen (secondary N) is 2. The summed E-state index contributed by atoms with van der Waals surface area (Å²) in [5.41, 5.74) is 1.76. The molecule has 0 saturated carbocycles. The molecule has 12 heteroatoms. The van der Waals surface area contributed by atoms with Crippen LogP contribution in [0.1, 0.15) is 11.3 Å². The molecular weight excluding hydrogens is 480 g/mol. The number of methoxy groups -OCH3 is 1. The van der Waals surface area contributed by atoms with Crippen LogP contribution in [0.3, 0.4) is 0 Å². The van der Waals surface area contributed by atoms with Gasteiger partial charge in [-0.2, -0.15) is 0 Å². The van der Waals surface area contributed by atoms with Crippen LogP contribution in [0.5, 0.6) is 5.88 Å². The van der Waals surface area contributed by atoms with E-state index in [9.17, 15) is 13.2 Å². The van der Waals surface area contributed by atoms with Crippen molar-refractivity contribution in [3.8, 4) is 11.6 Å². The van der Waals surface area contributed by atoms with E-state index in [-0.39, 0.29) is 22.2 Å². The third-order valence-corrected chi connectivity index (χ3v) is 6.35. The van der Waals surface area contributed by atoms with Gasteiger partial charge in [-0.3, -0.25) is 19.6 Å². The zero-order valence-corrected chi connectivity index (χ0v) is 19.6. The van der Waals surface area contributed by atoms with Crippen molar-refractivity contribution in [2.45, 2.75) is 11.8 Å². The number of ether oxygens (including phenoxy) is 1. The van der Waals surface area contributed by atoms with E-state index in [1.807, 2.05) is 0 Å². The van der Waals surface area contributed by atoms with Gasteiger partial charge in [0.25, 0.3) is 21.5 Å². The van der Waals surface area contributed by atoms with E-state index in [2.05, 4.69) is 24.8 Å². The molecule has 0 aliphatic carbocycles. The van der Waals surface area contributed by atoms with Crippen LogP contribution in [-0.4, -0.2) is 41.5 Å². The molecule has 0 aliphatic rings. The van der Waals surface area contributed by atoms with E-state index >= 15 is 0 Å². The highest BCUT2D eigenvalue weighted by molar-refractivity contribution is 7.92. The number of benzene rings is 2. The summed E-state index contributed by atoms with van der Waals surface area (Å²) in [5.74, 6) is 0.0311. The fourth-order valence-electron chi connectivity index (χ4n) is 3.09. The van der Waals surface area contributed by atoms with Gasteiger partial charge in [0, 0.05) is 29.3 Å². The number of aromatic nitrogens is 4. The molecule has 4 aromatic rings. The molecule has 0 fully saturated rings. The summed E-state index contributed by atoms with van der Waals surface area (Å²) < 4.78 is 34.1. The summed E-state index contributed by atoms with van der Waals surface area (Å²) in [6, 6.07) is 12.7. The van der Waals surface area contributed by atoms with Gasteiger partial charge in [-0.25, -0.2) is 23.1 Å². The Balaban J connectivity index is 1.55. The van der Waals surface area contributed by atoms with Crippen molar-refractivity contribution in [1.82, 2.24) is 19.7 Å². The lowest BCUT2D eigenvalue weighted by Gasteiger charge is -2.09. The van der Waals surface area contributed by atoms with Crippen molar-refractivity contribution in [1.29, 1.82) is 0 Å². The number of aliphatic imine (C=N–C) groups is 1. The molecule has 2 aromatic heterocycles. The first kappa shape index (κ1) is 23.2. The standard InChI is InChI=1S/C22H19ClN6O4S/c1-14-19(22(30)29(27-14)17-5-3-4-15(23)12-17)13-26-16-6-8-18(9-7-16)34(31,32)28-20-21(33-2)25-11-10-24-20/h3-13,27H,1-2H3,(H,24,28). The lowest BCUT2D eigenvalue weighted by atomic mass is 10.2. The first-order valence-electron chi connectivity index (χ1n) is 9.88. The first-order chi connectivity index (χ1) is 16.3. The van der Waals surface area contributed by atoms with Crippen molar-refractivity contribution in [3.05, 3.63) is 87.6 Å². The van der Waals surface area contributed by atoms with Crippen molar-refractivity contribution in [2.75, 3.05) is 11.8 Å². The van der Waals surface area contributed by atoms with Gasteiger partial charge in [-0.05, 0) is 49.4 Å². The van der Waals surface area contributed by atoms with E-state index in [0.717, 1.165) is 0 Å². The van der Waals surface area contributed by atoms with Crippen LogP contribution in [0.4, 0.5) is 11.5 Å². The Bertz CT molecular complexity index is 1530. The van der Waals surface area contributed by atoms with E-state index < -0.39 is 10.0 Å². The molecule has 0 saturated heterocycles. The number of sulfonamides is 1. The summed E-state index contributed by atoms with van der Waals surface area (Å²) >= 11 is 6.02. The minimum absolute atomic E-state index is 0.000271. The molecule has 34 heavy (non-hydrogen) atoms. The minimum Gasteiger partial charge on any atom is -0.478 e. The number of rotatable bonds is 7. The van der Waals surface area contributed by atoms with Gasteiger partial charge in [-0.15, -0.1) is 0 Å². The van der Waals surface area contributed by atoms with E-state index in [1.165, 1.54) is 54.7 Å². The smallest absolute Gasteiger partial charge is 0.280 e. The van der Waals surface area contributed by atoms with Crippen LogP contribution in [0.25, 0.3) is 5.69 Å². The number of anilines is 1. The molecule has 0 aliphatic heterocycles. The number of aryl methyl sites for hydroxylation is 1. The van der Waals surface area contributed by atoms with Crippen LogP contribution in [0, 0.1) is 6.92 Å². The van der Waals surface area contributed by atoms with Crippen molar-refractivity contribution < 1.29 is 13.2 Å². The second-order valence-corrected chi connectivity index (χ2v) is 9.16. The molecule has 0 amide bonds. The molecule has 2 N–H and O–H groups in total. The lowest BCUT2D eigenvalue weighted by Crippen LogP contribution is -2.17. The Kier molecular flexibility index (Phi) is 6.48. The molecule has 0 radical (unpaired) electrons. The Morgan fingerprint density at radius 3 is 2.59 bits per heavy atom. The molecule has 2 aromatic carbocycles. The maximum Gasteiger partial charge on any atom is 0.280 e. The molecule has 174 valence electrons. The van der Waals surface area contributed by atoms with Gasteiger partial charge in [0.15, 0.2) is 0 Å². The fourth-order valence-corrected chi connectivity index (χ4v) is 4.28. The average molecular weight is 499 g/mol. The summed E-state index contributed by atoms with van der Waals surface area (Å²) in [5, 5.41) is 3.51. The summed E-state index contributed by atoms with van der Waals surface area (Å²) in [7, 11) is -2.56. The molecule has 0 unspecified atom stereocenters. The highest BCUT2D eigenvalue weighted by Gasteiger charge is 2.18. The Morgan fingerprint density at radius 2 is 1.88 bits per heavy atom. The third kappa shape index (κ3) is 4.85. The normalized spacial score (nSPS) is 11.6. The van der Waals surface area contributed by atoms with E-state index in [4.69, 9.17) is 16.3 Å².